The average Bonchev–Trinajstić information content (AvgIpc) is 3.43. The number of aryl methyl sites for hydroxylation is 1. The second kappa shape index (κ2) is 8.99. The molecule has 0 saturated heterocycles. The van der Waals surface area contributed by atoms with Crippen molar-refractivity contribution in [3.63, 3.8) is 0 Å². The van der Waals surface area contributed by atoms with Crippen LogP contribution in [0, 0.1) is 6.92 Å². The van der Waals surface area contributed by atoms with Gasteiger partial charge in [-0.05, 0) is 36.8 Å². The molecule has 8 heteroatoms. The van der Waals surface area contributed by atoms with Gasteiger partial charge >= 0.3 is 6.61 Å². The van der Waals surface area contributed by atoms with E-state index >= 15 is 0 Å². The highest BCUT2D eigenvalue weighted by Crippen LogP contribution is 2.33. The van der Waals surface area contributed by atoms with Crippen LogP contribution in [-0.4, -0.2) is 29.8 Å². The topological polar surface area (TPSA) is 67.1 Å². The van der Waals surface area contributed by atoms with Crippen molar-refractivity contribution in [1.82, 2.24) is 5.01 Å². The molecule has 1 aliphatic heterocycles. The molecule has 0 aliphatic carbocycles. The summed E-state index contributed by atoms with van der Waals surface area (Å²) in [5, 5.41) is 8.82. The maximum Gasteiger partial charge on any atom is 0.387 e. The van der Waals surface area contributed by atoms with E-state index in [-0.39, 0.29) is 24.2 Å². The zero-order valence-corrected chi connectivity index (χ0v) is 16.8. The van der Waals surface area contributed by atoms with Crippen LogP contribution in [0.4, 0.5) is 14.5 Å². The van der Waals surface area contributed by atoms with Gasteiger partial charge in [0.1, 0.15) is 17.6 Å². The SMILES string of the molecule is Cc1ccc(C2=NN(C(=O)CNc3ccccc3OC(F)F)C(c3ccco3)C2)cc1. The normalized spacial score (nSPS) is 15.8. The van der Waals surface area contributed by atoms with Gasteiger partial charge in [0.15, 0.2) is 0 Å². The number of nitrogens with zero attached hydrogens (tertiary/aromatic N) is 2. The molecule has 0 bridgehead atoms. The number of amides is 1. The molecule has 2 heterocycles. The van der Waals surface area contributed by atoms with Crippen LogP contribution < -0.4 is 10.1 Å². The molecule has 160 valence electrons. The Balaban J connectivity index is 1.53. The number of rotatable bonds is 7. The van der Waals surface area contributed by atoms with Crippen LogP contribution in [0.3, 0.4) is 0 Å². The zero-order valence-electron chi connectivity index (χ0n) is 16.8. The molecule has 1 atom stereocenters. The van der Waals surface area contributed by atoms with Gasteiger partial charge < -0.3 is 14.5 Å². The highest BCUT2D eigenvalue weighted by Gasteiger charge is 2.34. The van der Waals surface area contributed by atoms with E-state index in [1.165, 1.54) is 11.1 Å². The van der Waals surface area contributed by atoms with E-state index in [0.717, 1.165) is 16.8 Å². The van der Waals surface area contributed by atoms with Crippen LogP contribution in [0.5, 0.6) is 5.75 Å². The van der Waals surface area contributed by atoms with E-state index in [4.69, 9.17) is 4.42 Å². The Morgan fingerprint density at radius 1 is 1.19 bits per heavy atom. The molecule has 6 nitrogen and oxygen atoms in total. The molecule has 31 heavy (non-hydrogen) atoms. The number of ether oxygens (including phenoxy) is 1. The van der Waals surface area contributed by atoms with Crippen molar-refractivity contribution in [2.24, 2.45) is 5.10 Å². The van der Waals surface area contributed by atoms with Gasteiger partial charge in [0, 0.05) is 6.42 Å². The van der Waals surface area contributed by atoms with Gasteiger partial charge in [-0.15, -0.1) is 0 Å². The summed E-state index contributed by atoms with van der Waals surface area (Å²) in [4.78, 5) is 13.0. The summed E-state index contributed by atoms with van der Waals surface area (Å²) in [5.41, 5.74) is 3.14. The van der Waals surface area contributed by atoms with Crippen molar-refractivity contribution in [1.29, 1.82) is 0 Å². The maximum absolute atomic E-state index is 13.0. The minimum atomic E-state index is -2.96. The number of benzene rings is 2. The van der Waals surface area contributed by atoms with Gasteiger partial charge in [0.25, 0.3) is 5.91 Å². The number of para-hydroxylation sites is 2. The Kier molecular flexibility index (Phi) is 5.97. The summed E-state index contributed by atoms with van der Waals surface area (Å²) >= 11 is 0. The predicted molar refractivity (Wildman–Crippen MR) is 112 cm³/mol. The summed E-state index contributed by atoms with van der Waals surface area (Å²) in [6.45, 7) is -1.10. The molecule has 0 radical (unpaired) electrons. The lowest BCUT2D eigenvalue weighted by Gasteiger charge is -2.20. The van der Waals surface area contributed by atoms with E-state index in [9.17, 15) is 13.6 Å². The Morgan fingerprint density at radius 2 is 1.97 bits per heavy atom. The average molecular weight is 425 g/mol. The van der Waals surface area contributed by atoms with Crippen molar-refractivity contribution >= 4 is 17.3 Å². The third kappa shape index (κ3) is 4.74. The lowest BCUT2D eigenvalue weighted by atomic mass is 10.0. The number of hydrazone groups is 1. The first-order valence-electron chi connectivity index (χ1n) is 9.79. The van der Waals surface area contributed by atoms with E-state index in [1.54, 1.807) is 36.6 Å². The Morgan fingerprint density at radius 3 is 2.68 bits per heavy atom. The summed E-state index contributed by atoms with van der Waals surface area (Å²) in [6, 6.07) is 17.3. The van der Waals surface area contributed by atoms with Crippen LogP contribution in [-0.2, 0) is 4.79 Å². The predicted octanol–water partition coefficient (Wildman–Crippen LogP) is 4.98. The Labute approximate surface area is 178 Å². The van der Waals surface area contributed by atoms with Crippen LogP contribution in [0.15, 0.2) is 76.4 Å². The van der Waals surface area contributed by atoms with Gasteiger partial charge in [-0.25, -0.2) is 5.01 Å². The second-order valence-corrected chi connectivity index (χ2v) is 7.11. The molecular formula is C23H21F2N3O3. The number of hydrogen-bond donors (Lipinski definition) is 1. The third-order valence-electron chi connectivity index (χ3n) is 4.96. The van der Waals surface area contributed by atoms with E-state index < -0.39 is 6.61 Å². The number of carbonyl (C=O) groups excluding carboxylic acids is 1. The Hall–Kier alpha value is -3.68. The highest BCUT2D eigenvalue weighted by atomic mass is 19.3. The highest BCUT2D eigenvalue weighted by molar-refractivity contribution is 6.03. The molecule has 1 amide bonds. The van der Waals surface area contributed by atoms with Gasteiger partial charge in [0.05, 0.1) is 24.2 Å². The van der Waals surface area contributed by atoms with Crippen molar-refractivity contribution in [2.45, 2.75) is 26.0 Å². The first kappa shape index (κ1) is 20.6. The number of halogens is 2. The minimum Gasteiger partial charge on any atom is -0.467 e. The molecule has 1 aromatic heterocycles. The smallest absolute Gasteiger partial charge is 0.387 e. The molecule has 3 aromatic rings. The van der Waals surface area contributed by atoms with Crippen LogP contribution in [0.2, 0.25) is 0 Å². The molecule has 4 rings (SSSR count). The summed E-state index contributed by atoms with van der Waals surface area (Å²) < 4.78 is 35.3. The number of hydrogen-bond acceptors (Lipinski definition) is 5. The number of anilines is 1. The van der Waals surface area contributed by atoms with Crippen LogP contribution in [0.25, 0.3) is 0 Å². The lowest BCUT2D eigenvalue weighted by molar-refractivity contribution is -0.131. The third-order valence-corrected chi connectivity index (χ3v) is 4.96. The van der Waals surface area contributed by atoms with Crippen LogP contribution in [0.1, 0.15) is 29.3 Å². The first-order chi connectivity index (χ1) is 15.0. The Bertz CT molecular complexity index is 1070. The van der Waals surface area contributed by atoms with Crippen molar-refractivity contribution in [3.05, 3.63) is 83.8 Å². The second-order valence-electron chi connectivity index (χ2n) is 7.11. The number of carbonyl (C=O) groups is 1. The summed E-state index contributed by atoms with van der Waals surface area (Å²) in [6.07, 6.45) is 2.06. The van der Waals surface area contributed by atoms with Gasteiger partial charge in [0.2, 0.25) is 0 Å². The molecule has 1 N–H and O–H groups in total. The van der Waals surface area contributed by atoms with Crippen molar-refractivity contribution < 1.29 is 22.7 Å². The van der Waals surface area contributed by atoms with E-state index in [2.05, 4.69) is 15.2 Å². The van der Waals surface area contributed by atoms with E-state index in [1.807, 2.05) is 31.2 Å². The molecular weight excluding hydrogens is 404 g/mol. The molecule has 0 spiro atoms. The van der Waals surface area contributed by atoms with E-state index in [0.29, 0.717) is 17.9 Å². The monoisotopic (exact) mass is 425 g/mol. The summed E-state index contributed by atoms with van der Waals surface area (Å²) in [5.74, 6) is 0.272. The largest absolute Gasteiger partial charge is 0.467 e. The minimum absolute atomic E-state index is 0.0295. The fourth-order valence-electron chi connectivity index (χ4n) is 3.43. The number of furan rings is 1. The van der Waals surface area contributed by atoms with Crippen LogP contribution >= 0.6 is 0 Å². The van der Waals surface area contributed by atoms with Crippen molar-refractivity contribution in [3.8, 4) is 5.75 Å². The number of alkyl halides is 2. The lowest BCUT2D eigenvalue weighted by Crippen LogP contribution is -2.32. The fourth-order valence-corrected chi connectivity index (χ4v) is 3.43. The molecule has 1 unspecified atom stereocenters. The van der Waals surface area contributed by atoms with Crippen molar-refractivity contribution in [2.75, 3.05) is 11.9 Å². The molecule has 0 fully saturated rings. The van der Waals surface area contributed by atoms with Gasteiger partial charge in [-0.3, -0.25) is 4.79 Å². The summed E-state index contributed by atoms with van der Waals surface area (Å²) in [7, 11) is 0. The zero-order chi connectivity index (χ0) is 21.8. The fraction of sp³-hybridized carbons (Fsp3) is 0.217. The molecule has 1 aliphatic rings. The molecule has 0 saturated carbocycles. The van der Waals surface area contributed by atoms with Gasteiger partial charge in [-0.2, -0.15) is 13.9 Å². The molecule has 2 aromatic carbocycles. The first-order valence-corrected chi connectivity index (χ1v) is 9.79. The van der Waals surface area contributed by atoms with Gasteiger partial charge in [-0.1, -0.05) is 42.0 Å². The number of nitrogens with one attached hydrogen (secondary N) is 1. The quantitative estimate of drug-likeness (QED) is 0.580. The standard InChI is InChI=1S/C23H21F2N3O3/c1-15-8-10-16(11-9-15)18-13-19(21-7-4-12-30-21)28(27-18)22(29)14-26-17-5-2-3-6-20(17)31-23(24)25/h2-12,19,23,26H,13-14H2,1H3. The maximum atomic E-state index is 13.0.